The van der Waals surface area contributed by atoms with Gasteiger partial charge < -0.3 is 10.1 Å². The lowest BCUT2D eigenvalue weighted by molar-refractivity contribution is -0.153. The average Bonchev–Trinajstić information content (AvgIpc) is 2.63. The van der Waals surface area contributed by atoms with Gasteiger partial charge in [0.25, 0.3) is 5.91 Å². The number of nitriles is 1. The Bertz CT molecular complexity index is 839. The van der Waals surface area contributed by atoms with E-state index in [1.165, 1.54) is 31.0 Å². The number of nitrogens with one attached hydrogen (secondary N) is 1. The van der Waals surface area contributed by atoms with Crippen LogP contribution in [0.1, 0.15) is 44.9 Å². The minimum Gasteiger partial charge on any atom is -0.456 e. The molecule has 0 spiro atoms. The van der Waals surface area contributed by atoms with E-state index in [0.29, 0.717) is 29.7 Å². The lowest BCUT2D eigenvalue weighted by Crippen LogP contribution is -2.53. The largest absolute Gasteiger partial charge is 0.456 e. The van der Waals surface area contributed by atoms with Gasteiger partial charge in [0.05, 0.1) is 23.9 Å². The van der Waals surface area contributed by atoms with Crippen molar-refractivity contribution in [1.29, 1.82) is 5.26 Å². The van der Waals surface area contributed by atoms with Crippen LogP contribution in [0.2, 0.25) is 0 Å². The summed E-state index contributed by atoms with van der Waals surface area (Å²) in [5.41, 5.74) is 0.679. The molecule has 0 heterocycles. The molecule has 1 N–H and O–H groups in total. The van der Waals surface area contributed by atoms with Crippen LogP contribution >= 0.6 is 27.7 Å². The molecule has 4 aliphatic carbocycles. The zero-order chi connectivity index (χ0) is 20.5. The molecule has 2 atom stereocenters. The molecule has 1 aromatic rings. The van der Waals surface area contributed by atoms with Crippen LogP contribution in [0.15, 0.2) is 29.2 Å². The number of thioether (sulfide) groups is 1. The molecule has 29 heavy (non-hydrogen) atoms. The highest BCUT2D eigenvalue weighted by molar-refractivity contribution is 9.10. The predicted octanol–water partition coefficient (Wildman–Crippen LogP) is 4.91. The van der Waals surface area contributed by atoms with Gasteiger partial charge in [-0.25, -0.2) is 0 Å². The topological polar surface area (TPSA) is 79.2 Å². The number of anilines is 1. The number of carbonyl (C=O) groups is 2. The number of hydrogen-bond donors (Lipinski definition) is 1. The first-order chi connectivity index (χ1) is 13.9. The first kappa shape index (κ1) is 20.7. The number of rotatable bonds is 7. The van der Waals surface area contributed by atoms with Crippen molar-refractivity contribution >= 4 is 45.3 Å². The predicted molar refractivity (Wildman–Crippen MR) is 116 cm³/mol. The number of hydrogen-bond acceptors (Lipinski definition) is 5. The van der Waals surface area contributed by atoms with E-state index >= 15 is 0 Å². The molecule has 2 unspecified atom stereocenters. The van der Waals surface area contributed by atoms with E-state index in [0.717, 1.165) is 24.2 Å². The van der Waals surface area contributed by atoms with Crippen molar-refractivity contribution in [2.45, 2.75) is 54.2 Å². The van der Waals surface area contributed by atoms with Crippen molar-refractivity contribution in [2.24, 2.45) is 17.3 Å². The van der Waals surface area contributed by atoms with Crippen LogP contribution in [0.25, 0.3) is 0 Å². The second-order valence-corrected chi connectivity index (χ2v) is 11.6. The third kappa shape index (κ3) is 4.80. The first-order valence-electron chi connectivity index (χ1n) is 10.1. The summed E-state index contributed by atoms with van der Waals surface area (Å²) >= 11 is 5.33. The molecule has 0 aromatic heterocycles. The number of carbonyl (C=O) groups excluding carboxylic acids is 2. The highest BCUT2D eigenvalue weighted by Gasteiger charge is 2.57. The zero-order valence-corrected chi connectivity index (χ0v) is 18.7. The number of benzene rings is 1. The number of amides is 1. The Hall–Kier alpha value is -1.52. The summed E-state index contributed by atoms with van der Waals surface area (Å²) in [5, 5.41) is 11.5. The molecular formula is C22H25BrN2O3S. The van der Waals surface area contributed by atoms with Gasteiger partial charge in [-0.3, -0.25) is 9.59 Å². The van der Waals surface area contributed by atoms with Crippen LogP contribution in [-0.4, -0.2) is 28.6 Å². The number of halogens is 1. The number of para-hydroxylation sites is 1. The molecule has 0 aliphatic heterocycles. The van der Waals surface area contributed by atoms with E-state index in [2.05, 4.69) is 27.3 Å². The Balaban J connectivity index is 1.29. The van der Waals surface area contributed by atoms with E-state index in [-0.39, 0.29) is 28.2 Å². The molecule has 4 fully saturated rings. The summed E-state index contributed by atoms with van der Waals surface area (Å²) in [6.45, 7) is -0.279. The van der Waals surface area contributed by atoms with Gasteiger partial charge in [0.2, 0.25) is 0 Å². The SMILES string of the molecule is N#CCSc1ccccc1NC(=O)COC(=O)CC12CC3CC(CC(Br)(C3)C1)C2. The number of ether oxygens (including phenoxy) is 1. The summed E-state index contributed by atoms with van der Waals surface area (Å²) in [6, 6.07) is 9.39. The lowest BCUT2D eigenvalue weighted by Gasteiger charge is -2.60. The minimum atomic E-state index is -0.356. The lowest BCUT2D eigenvalue weighted by atomic mass is 9.49. The van der Waals surface area contributed by atoms with Crippen molar-refractivity contribution < 1.29 is 14.3 Å². The molecule has 1 aromatic carbocycles. The molecule has 4 bridgehead atoms. The molecule has 0 radical (unpaired) electrons. The molecule has 4 saturated carbocycles. The fourth-order valence-electron chi connectivity index (χ4n) is 6.04. The summed E-state index contributed by atoms with van der Waals surface area (Å²) < 4.78 is 5.55. The molecule has 1 amide bonds. The summed E-state index contributed by atoms with van der Waals surface area (Å²) in [5.74, 6) is 1.11. The Morgan fingerprint density at radius 2 is 1.97 bits per heavy atom. The first-order valence-corrected chi connectivity index (χ1v) is 11.9. The van der Waals surface area contributed by atoms with Gasteiger partial charge in [-0.2, -0.15) is 5.26 Å². The second-order valence-electron chi connectivity index (χ2n) is 8.94. The Labute approximate surface area is 184 Å². The van der Waals surface area contributed by atoms with Crippen LogP contribution in [0, 0.1) is 28.6 Å². The summed E-state index contributed by atoms with van der Waals surface area (Å²) in [4.78, 5) is 25.7. The number of nitrogens with zero attached hydrogens (tertiary/aromatic N) is 1. The second kappa shape index (κ2) is 8.31. The fourth-order valence-corrected chi connectivity index (χ4v) is 8.22. The molecular weight excluding hydrogens is 452 g/mol. The molecule has 7 heteroatoms. The van der Waals surface area contributed by atoms with Gasteiger partial charge in [0, 0.05) is 9.22 Å². The van der Waals surface area contributed by atoms with Gasteiger partial charge in [0.1, 0.15) is 0 Å². The zero-order valence-electron chi connectivity index (χ0n) is 16.3. The fraction of sp³-hybridized carbons (Fsp3) is 0.591. The molecule has 0 saturated heterocycles. The van der Waals surface area contributed by atoms with E-state index in [4.69, 9.17) is 10.00 Å². The monoisotopic (exact) mass is 476 g/mol. The van der Waals surface area contributed by atoms with Crippen LogP contribution in [-0.2, 0) is 14.3 Å². The van der Waals surface area contributed by atoms with Crippen LogP contribution in [0.5, 0.6) is 0 Å². The van der Waals surface area contributed by atoms with Gasteiger partial charge in [-0.1, -0.05) is 28.1 Å². The van der Waals surface area contributed by atoms with Gasteiger partial charge in [0.15, 0.2) is 6.61 Å². The standard InChI is InChI=1S/C22H25BrN2O3S/c23-22-10-15-7-16(11-22)9-21(8-15,14-22)12-20(27)28-13-19(26)25-17-3-1-2-4-18(17)29-6-5-24/h1-4,15-16H,6-14H2,(H,25,26). The minimum absolute atomic E-state index is 0.0433. The van der Waals surface area contributed by atoms with Gasteiger partial charge >= 0.3 is 5.97 Å². The van der Waals surface area contributed by atoms with Crippen molar-refractivity contribution in [2.75, 3.05) is 17.7 Å². The normalized spacial score (nSPS) is 31.9. The molecule has 4 aliphatic rings. The third-order valence-electron chi connectivity index (χ3n) is 6.45. The molecule has 154 valence electrons. The quantitative estimate of drug-likeness (QED) is 0.343. The van der Waals surface area contributed by atoms with Crippen molar-refractivity contribution in [1.82, 2.24) is 0 Å². The van der Waals surface area contributed by atoms with Gasteiger partial charge in [-0.15, -0.1) is 11.8 Å². The maximum absolute atomic E-state index is 12.5. The average molecular weight is 477 g/mol. The van der Waals surface area contributed by atoms with Crippen molar-refractivity contribution in [3.63, 3.8) is 0 Å². The van der Waals surface area contributed by atoms with Crippen LogP contribution in [0.4, 0.5) is 5.69 Å². The Morgan fingerprint density at radius 1 is 1.24 bits per heavy atom. The molecule has 5 rings (SSSR count). The van der Waals surface area contributed by atoms with Gasteiger partial charge in [-0.05, 0) is 67.9 Å². The highest BCUT2D eigenvalue weighted by Crippen LogP contribution is 2.65. The van der Waals surface area contributed by atoms with Crippen molar-refractivity contribution in [3.05, 3.63) is 24.3 Å². The van der Waals surface area contributed by atoms with E-state index in [1.54, 1.807) is 6.07 Å². The Morgan fingerprint density at radius 3 is 2.66 bits per heavy atom. The Kier molecular flexibility index (Phi) is 5.94. The summed E-state index contributed by atoms with van der Waals surface area (Å²) in [6.07, 6.45) is 7.43. The summed E-state index contributed by atoms with van der Waals surface area (Å²) in [7, 11) is 0. The number of alkyl halides is 1. The number of esters is 1. The maximum Gasteiger partial charge on any atom is 0.306 e. The maximum atomic E-state index is 12.5. The third-order valence-corrected chi connectivity index (χ3v) is 8.32. The van der Waals surface area contributed by atoms with Crippen LogP contribution in [0.3, 0.4) is 0 Å². The smallest absolute Gasteiger partial charge is 0.306 e. The van der Waals surface area contributed by atoms with E-state index < -0.39 is 0 Å². The van der Waals surface area contributed by atoms with E-state index in [9.17, 15) is 9.59 Å². The van der Waals surface area contributed by atoms with E-state index in [1.807, 2.05) is 18.2 Å². The van der Waals surface area contributed by atoms with Crippen molar-refractivity contribution in [3.8, 4) is 6.07 Å². The highest BCUT2D eigenvalue weighted by atomic mass is 79.9. The van der Waals surface area contributed by atoms with Crippen LogP contribution < -0.4 is 5.32 Å². The molecule has 5 nitrogen and oxygen atoms in total.